The second-order valence-corrected chi connectivity index (χ2v) is 6.12. The Bertz CT molecular complexity index is 802. The average Bonchev–Trinajstić information content (AvgIpc) is 3.31. The molecule has 2 aromatic rings. The van der Waals surface area contributed by atoms with Crippen LogP contribution < -0.4 is 10.2 Å². The van der Waals surface area contributed by atoms with E-state index < -0.39 is 0 Å². The lowest BCUT2D eigenvalue weighted by Gasteiger charge is -2.23. The van der Waals surface area contributed by atoms with Gasteiger partial charge in [-0.15, -0.1) is 0 Å². The largest absolute Gasteiger partial charge is 0.495 e. The molecule has 1 saturated carbocycles. The van der Waals surface area contributed by atoms with E-state index >= 15 is 0 Å². The molecule has 21 heavy (non-hydrogen) atoms. The van der Waals surface area contributed by atoms with E-state index in [1.807, 2.05) is 6.07 Å². The first-order valence-electron chi connectivity index (χ1n) is 7.44. The lowest BCUT2D eigenvalue weighted by Crippen LogP contribution is -2.29. The molecule has 0 amide bonds. The summed E-state index contributed by atoms with van der Waals surface area (Å²) in [7, 11) is 1.59. The summed E-state index contributed by atoms with van der Waals surface area (Å²) in [5.41, 5.74) is 1.71. The summed E-state index contributed by atoms with van der Waals surface area (Å²) in [5, 5.41) is 0.534. The van der Waals surface area contributed by atoms with E-state index in [2.05, 4.69) is 4.98 Å². The van der Waals surface area contributed by atoms with Crippen LogP contribution >= 0.6 is 0 Å². The molecule has 1 unspecified atom stereocenters. The minimum absolute atomic E-state index is 0.000815. The van der Waals surface area contributed by atoms with Crippen molar-refractivity contribution in [2.75, 3.05) is 7.11 Å². The van der Waals surface area contributed by atoms with Gasteiger partial charge in [-0.3, -0.25) is 9.59 Å². The molecular formula is C17H17NO3. The number of H-pyrrole nitrogens is 1. The number of aromatic amines is 1. The highest BCUT2D eigenvalue weighted by Crippen LogP contribution is 2.42. The summed E-state index contributed by atoms with van der Waals surface area (Å²) in [5.74, 6) is 1.71. The van der Waals surface area contributed by atoms with Crippen molar-refractivity contribution in [3.63, 3.8) is 0 Å². The van der Waals surface area contributed by atoms with Gasteiger partial charge in [0.05, 0.1) is 23.6 Å². The van der Waals surface area contributed by atoms with Gasteiger partial charge in [-0.2, -0.15) is 0 Å². The van der Waals surface area contributed by atoms with Gasteiger partial charge in [0.25, 0.3) is 0 Å². The highest BCUT2D eigenvalue weighted by atomic mass is 16.5. The second kappa shape index (κ2) is 4.45. The lowest BCUT2D eigenvalue weighted by atomic mass is 9.82. The Labute approximate surface area is 122 Å². The fraction of sp³-hybridized carbons (Fsp3) is 0.412. The molecule has 2 aliphatic rings. The molecule has 0 spiro atoms. The molecular weight excluding hydrogens is 266 g/mol. The molecule has 2 aliphatic carbocycles. The molecule has 1 N–H and O–H groups in total. The van der Waals surface area contributed by atoms with Gasteiger partial charge in [0.1, 0.15) is 5.75 Å². The number of pyridine rings is 1. The van der Waals surface area contributed by atoms with Crippen molar-refractivity contribution >= 4 is 16.7 Å². The second-order valence-electron chi connectivity index (χ2n) is 6.12. The number of aromatic nitrogens is 1. The summed E-state index contributed by atoms with van der Waals surface area (Å²) in [6.07, 6.45) is 3.76. The number of ether oxygens (including phenoxy) is 1. The van der Waals surface area contributed by atoms with Crippen LogP contribution in [0.5, 0.6) is 5.75 Å². The summed E-state index contributed by atoms with van der Waals surface area (Å²) < 4.78 is 5.33. The van der Waals surface area contributed by atoms with E-state index in [1.165, 1.54) is 12.8 Å². The molecule has 0 bridgehead atoms. The Morgan fingerprint density at radius 2 is 1.95 bits per heavy atom. The van der Waals surface area contributed by atoms with Crippen LogP contribution in [0.25, 0.3) is 10.9 Å². The molecule has 0 saturated heterocycles. The van der Waals surface area contributed by atoms with Gasteiger partial charge in [0.15, 0.2) is 5.78 Å². The quantitative estimate of drug-likeness (QED) is 0.921. The van der Waals surface area contributed by atoms with Gasteiger partial charge in [-0.25, -0.2) is 0 Å². The van der Waals surface area contributed by atoms with E-state index in [0.717, 1.165) is 12.1 Å². The Kier molecular flexibility index (Phi) is 2.67. The van der Waals surface area contributed by atoms with Crippen LogP contribution in [0.2, 0.25) is 0 Å². The van der Waals surface area contributed by atoms with Crippen molar-refractivity contribution < 1.29 is 9.53 Å². The SMILES string of the molecule is COc1cccc2c(=O)c3c([nH]c12)CC(C1CC1)CC3=O. The number of carbonyl (C=O) groups is 1. The third-order valence-corrected chi connectivity index (χ3v) is 4.78. The number of fused-ring (bicyclic) bond motifs is 2. The highest BCUT2D eigenvalue weighted by Gasteiger charge is 2.38. The standard InChI is InChI=1S/C17H17NO3/c1-21-14-4-2-3-11-16(14)18-12-7-10(9-5-6-9)8-13(19)15(12)17(11)20/h2-4,9-10H,5-8H2,1H3,(H,18,20). The average molecular weight is 283 g/mol. The lowest BCUT2D eigenvalue weighted by molar-refractivity contribution is 0.0939. The zero-order chi connectivity index (χ0) is 14.6. The van der Waals surface area contributed by atoms with Gasteiger partial charge in [-0.1, -0.05) is 6.07 Å². The van der Waals surface area contributed by atoms with Gasteiger partial charge in [-0.05, 0) is 43.2 Å². The van der Waals surface area contributed by atoms with E-state index in [1.54, 1.807) is 19.2 Å². The van der Waals surface area contributed by atoms with Gasteiger partial charge >= 0.3 is 0 Å². The normalized spacial score (nSPS) is 21.4. The van der Waals surface area contributed by atoms with Crippen molar-refractivity contribution in [1.29, 1.82) is 0 Å². The van der Waals surface area contributed by atoms with Crippen LogP contribution in [0.3, 0.4) is 0 Å². The summed E-state index contributed by atoms with van der Waals surface area (Å²) in [6, 6.07) is 5.36. The molecule has 0 radical (unpaired) electrons. The number of hydrogen-bond donors (Lipinski definition) is 1. The predicted octanol–water partition coefficient (Wildman–Crippen LogP) is 2.69. The summed E-state index contributed by atoms with van der Waals surface area (Å²) >= 11 is 0. The third-order valence-electron chi connectivity index (χ3n) is 4.78. The molecule has 4 rings (SSSR count). The van der Waals surface area contributed by atoms with Crippen molar-refractivity contribution in [2.45, 2.75) is 25.7 Å². The maximum Gasteiger partial charge on any atom is 0.200 e. The van der Waals surface area contributed by atoms with E-state index in [4.69, 9.17) is 4.74 Å². The number of rotatable bonds is 2. The van der Waals surface area contributed by atoms with E-state index in [-0.39, 0.29) is 11.2 Å². The molecule has 1 aromatic carbocycles. The first-order chi connectivity index (χ1) is 10.2. The first kappa shape index (κ1) is 12.6. The van der Waals surface area contributed by atoms with Gasteiger partial charge in [0, 0.05) is 12.1 Å². The Morgan fingerprint density at radius 1 is 1.14 bits per heavy atom. The zero-order valence-electron chi connectivity index (χ0n) is 11.9. The topological polar surface area (TPSA) is 59.2 Å². The predicted molar refractivity (Wildman–Crippen MR) is 80.0 cm³/mol. The fourth-order valence-electron chi connectivity index (χ4n) is 3.53. The summed E-state index contributed by atoms with van der Waals surface area (Å²) in [4.78, 5) is 28.3. The van der Waals surface area contributed by atoms with Crippen molar-refractivity contribution in [3.05, 3.63) is 39.7 Å². The summed E-state index contributed by atoms with van der Waals surface area (Å²) in [6.45, 7) is 0. The van der Waals surface area contributed by atoms with Crippen molar-refractivity contribution in [1.82, 2.24) is 4.98 Å². The van der Waals surface area contributed by atoms with Gasteiger partial charge < -0.3 is 9.72 Å². The number of carbonyl (C=O) groups excluding carboxylic acids is 1. The number of Topliss-reactive ketones (excluding diaryl/α,β-unsaturated/α-hetero) is 1. The van der Waals surface area contributed by atoms with Crippen LogP contribution in [0, 0.1) is 11.8 Å². The Hall–Kier alpha value is -2.10. The number of ketones is 1. The molecule has 4 nitrogen and oxygen atoms in total. The number of nitrogens with one attached hydrogen (secondary N) is 1. The molecule has 4 heteroatoms. The van der Waals surface area contributed by atoms with Crippen LogP contribution in [0.15, 0.2) is 23.0 Å². The van der Waals surface area contributed by atoms with Gasteiger partial charge in [0.2, 0.25) is 5.43 Å². The van der Waals surface area contributed by atoms with E-state index in [9.17, 15) is 9.59 Å². The highest BCUT2D eigenvalue weighted by molar-refractivity contribution is 6.01. The zero-order valence-corrected chi connectivity index (χ0v) is 11.9. The Morgan fingerprint density at radius 3 is 2.67 bits per heavy atom. The van der Waals surface area contributed by atoms with Crippen LogP contribution in [0.1, 0.15) is 35.3 Å². The molecule has 1 heterocycles. The fourth-order valence-corrected chi connectivity index (χ4v) is 3.53. The smallest absolute Gasteiger partial charge is 0.200 e. The number of para-hydroxylation sites is 1. The molecule has 108 valence electrons. The minimum Gasteiger partial charge on any atom is -0.495 e. The van der Waals surface area contributed by atoms with Crippen LogP contribution in [-0.2, 0) is 6.42 Å². The van der Waals surface area contributed by atoms with Crippen LogP contribution in [-0.4, -0.2) is 17.9 Å². The third kappa shape index (κ3) is 1.89. The molecule has 0 aliphatic heterocycles. The maximum atomic E-state index is 12.6. The Balaban J connectivity index is 1.95. The van der Waals surface area contributed by atoms with Crippen molar-refractivity contribution in [3.8, 4) is 5.75 Å². The van der Waals surface area contributed by atoms with E-state index in [0.29, 0.717) is 40.5 Å². The molecule has 1 atom stereocenters. The first-order valence-corrected chi connectivity index (χ1v) is 7.44. The number of benzene rings is 1. The molecule has 1 fully saturated rings. The number of methoxy groups -OCH3 is 1. The maximum absolute atomic E-state index is 12.6. The number of hydrogen-bond acceptors (Lipinski definition) is 3. The monoisotopic (exact) mass is 283 g/mol. The molecule has 1 aromatic heterocycles. The van der Waals surface area contributed by atoms with Crippen LogP contribution in [0.4, 0.5) is 0 Å². The minimum atomic E-state index is -0.156. The van der Waals surface area contributed by atoms with Crippen molar-refractivity contribution in [2.24, 2.45) is 11.8 Å².